The molecule has 4 rings (SSSR count). The average Bonchev–Trinajstić information content (AvgIpc) is 3.23. The van der Waals surface area contributed by atoms with Gasteiger partial charge in [0.15, 0.2) is 11.6 Å². The molecule has 0 radical (unpaired) electrons. The van der Waals surface area contributed by atoms with Gasteiger partial charge in [-0.2, -0.15) is 5.26 Å². The Balaban J connectivity index is 2.04. The maximum atomic E-state index is 16.0. The minimum absolute atomic E-state index is 0.000475. The first-order valence-corrected chi connectivity index (χ1v) is 11.1. The summed E-state index contributed by atoms with van der Waals surface area (Å²) in [5.41, 5.74) is -0.178. The molecule has 9 heteroatoms. The van der Waals surface area contributed by atoms with Crippen LogP contribution in [0.15, 0.2) is 48.7 Å². The summed E-state index contributed by atoms with van der Waals surface area (Å²) >= 11 is 0. The van der Waals surface area contributed by atoms with Crippen LogP contribution in [0.4, 0.5) is 19.0 Å². The third-order valence-electron chi connectivity index (χ3n) is 6.01. The number of halogens is 3. The SMILES string of the molecule is CC(C)(C)[C@H](CC(=O)O)Nc1nc(-c2c[nH]c3c(F)cc(F)cc23)c(C#N)c(-c2ccccc2)c1F. The zero-order valence-corrected chi connectivity index (χ0v) is 19.8. The normalized spacial score (nSPS) is 12.4. The van der Waals surface area contributed by atoms with Crippen molar-refractivity contribution in [1.29, 1.82) is 5.26 Å². The molecule has 36 heavy (non-hydrogen) atoms. The number of aromatic nitrogens is 2. The number of aromatic amines is 1. The van der Waals surface area contributed by atoms with Crippen LogP contribution in [0.5, 0.6) is 0 Å². The smallest absolute Gasteiger partial charge is 0.305 e. The van der Waals surface area contributed by atoms with E-state index in [1.54, 1.807) is 51.1 Å². The van der Waals surface area contributed by atoms with Gasteiger partial charge in [0.25, 0.3) is 0 Å². The van der Waals surface area contributed by atoms with E-state index in [0.29, 0.717) is 5.56 Å². The maximum Gasteiger partial charge on any atom is 0.305 e. The molecule has 0 aliphatic carbocycles. The Labute approximate surface area is 205 Å². The van der Waals surface area contributed by atoms with Crippen LogP contribution in [0.25, 0.3) is 33.3 Å². The van der Waals surface area contributed by atoms with Crippen molar-refractivity contribution in [3.05, 3.63) is 71.7 Å². The number of pyridine rings is 1. The number of aliphatic carboxylic acids is 1. The Morgan fingerprint density at radius 3 is 2.50 bits per heavy atom. The first kappa shape index (κ1) is 24.8. The third-order valence-corrected chi connectivity index (χ3v) is 6.01. The van der Waals surface area contributed by atoms with Gasteiger partial charge in [-0.15, -0.1) is 0 Å². The second-order valence-corrected chi connectivity index (χ2v) is 9.52. The largest absolute Gasteiger partial charge is 0.481 e. The Hall–Kier alpha value is -4.32. The quantitative estimate of drug-likeness (QED) is 0.286. The molecule has 1 atom stereocenters. The molecule has 0 fully saturated rings. The lowest BCUT2D eigenvalue weighted by molar-refractivity contribution is -0.137. The Kier molecular flexibility index (Phi) is 6.46. The van der Waals surface area contributed by atoms with Crippen molar-refractivity contribution in [3.63, 3.8) is 0 Å². The number of nitrogens with one attached hydrogen (secondary N) is 2. The van der Waals surface area contributed by atoms with Gasteiger partial charge in [0.2, 0.25) is 0 Å². The van der Waals surface area contributed by atoms with Gasteiger partial charge >= 0.3 is 5.97 Å². The molecule has 0 amide bonds. The van der Waals surface area contributed by atoms with E-state index in [2.05, 4.69) is 15.3 Å². The summed E-state index contributed by atoms with van der Waals surface area (Å²) in [7, 11) is 0. The fourth-order valence-corrected chi connectivity index (χ4v) is 4.10. The number of nitrogens with zero attached hydrogens (tertiary/aromatic N) is 2. The summed E-state index contributed by atoms with van der Waals surface area (Å²) in [4.78, 5) is 18.6. The number of benzene rings is 2. The van der Waals surface area contributed by atoms with Crippen LogP contribution in [0.1, 0.15) is 32.8 Å². The summed E-state index contributed by atoms with van der Waals surface area (Å²) in [5, 5.41) is 22.5. The lowest BCUT2D eigenvalue weighted by Gasteiger charge is -2.31. The van der Waals surface area contributed by atoms with Crippen LogP contribution >= 0.6 is 0 Å². The second-order valence-electron chi connectivity index (χ2n) is 9.52. The van der Waals surface area contributed by atoms with E-state index >= 15 is 4.39 Å². The summed E-state index contributed by atoms with van der Waals surface area (Å²) in [6.45, 7) is 5.41. The van der Waals surface area contributed by atoms with Gasteiger partial charge in [0.05, 0.1) is 23.2 Å². The number of H-pyrrole nitrogens is 1. The first-order valence-electron chi connectivity index (χ1n) is 11.1. The standard InChI is InChI=1S/C27H23F3N4O2/c1-27(2,3)20(11-21(35)36)33-26-23(30)22(14-7-5-4-6-8-14)17(12-31)24(34-26)18-13-32-25-16(18)9-15(28)10-19(25)29/h4-10,13,20,32H,11H2,1-3H3,(H,33,34)(H,35,36)/t20-/m0/s1. The molecule has 0 saturated carbocycles. The highest BCUT2D eigenvalue weighted by atomic mass is 19.1. The number of carboxylic acids is 1. The fraction of sp³-hybridized carbons (Fsp3) is 0.222. The fourth-order valence-electron chi connectivity index (χ4n) is 4.10. The van der Waals surface area contributed by atoms with E-state index in [4.69, 9.17) is 0 Å². The molecule has 3 N–H and O–H groups in total. The van der Waals surface area contributed by atoms with Crippen molar-refractivity contribution in [2.45, 2.75) is 33.2 Å². The van der Waals surface area contributed by atoms with E-state index < -0.39 is 34.9 Å². The maximum absolute atomic E-state index is 16.0. The number of anilines is 1. The van der Waals surface area contributed by atoms with E-state index in [1.165, 1.54) is 6.20 Å². The molecule has 0 aliphatic rings. The van der Waals surface area contributed by atoms with Gasteiger partial charge in [0.1, 0.15) is 17.7 Å². The van der Waals surface area contributed by atoms with Crippen LogP contribution in [-0.4, -0.2) is 27.1 Å². The monoisotopic (exact) mass is 492 g/mol. The molecular formula is C27H23F3N4O2. The van der Waals surface area contributed by atoms with Crippen molar-refractivity contribution in [1.82, 2.24) is 9.97 Å². The van der Waals surface area contributed by atoms with Gasteiger partial charge in [-0.1, -0.05) is 51.1 Å². The van der Waals surface area contributed by atoms with Crippen molar-refractivity contribution in [2.24, 2.45) is 5.41 Å². The van der Waals surface area contributed by atoms with Crippen LogP contribution in [0.2, 0.25) is 0 Å². The van der Waals surface area contributed by atoms with Crippen LogP contribution < -0.4 is 5.32 Å². The predicted molar refractivity (Wildman–Crippen MR) is 131 cm³/mol. The van der Waals surface area contributed by atoms with Crippen molar-refractivity contribution >= 4 is 22.7 Å². The predicted octanol–water partition coefficient (Wildman–Crippen LogP) is 6.49. The van der Waals surface area contributed by atoms with Gasteiger partial charge in [-0.25, -0.2) is 18.2 Å². The molecule has 0 aliphatic heterocycles. The van der Waals surface area contributed by atoms with Crippen molar-refractivity contribution in [3.8, 4) is 28.5 Å². The van der Waals surface area contributed by atoms with E-state index in [-0.39, 0.29) is 45.5 Å². The number of hydrogen-bond acceptors (Lipinski definition) is 4. The molecule has 0 bridgehead atoms. The van der Waals surface area contributed by atoms with Crippen molar-refractivity contribution < 1.29 is 23.1 Å². The average molecular weight is 493 g/mol. The summed E-state index contributed by atoms with van der Waals surface area (Å²) in [6.07, 6.45) is 1.06. The molecule has 4 aromatic rings. The molecular weight excluding hydrogens is 469 g/mol. The number of carboxylic acid groups (broad SMARTS) is 1. The Morgan fingerprint density at radius 1 is 1.19 bits per heavy atom. The lowest BCUT2D eigenvalue weighted by Crippen LogP contribution is -2.36. The molecule has 0 spiro atoms. The number of nitriles is 1. The van der Waals surface area contributed by atoms with Crippen LogP contribution in [0, 0.1) is 34.2 Å². The number of hydrogen-bond donors (Lipinski definition) is 3. The van der Waals surface area contributed by atoms with Gasteiger partial charge in [-0.3, -0.25) is 4.79 Å². The zero-order valence-electron chi connectivity index (χ0n) is 19.8. The molecule has 0 unspecified atom stereocenters. The number of carbonyl (C=O) groups is 1. The first-order chi connectivity index (χ1) is 17.0. The molecule has 2 heterocycles. The number of rotatable bonds is 6. The molecule has 2 aromatic carbocycles. The molecule has 2 aromatic heterocycles. The van der Waals surface area contributed by atoms with Gasteiger partial charge in [-0.05, 0) is 17.0 Å². The highest BCUT2D eigenvalue weighted by Gasteiger charge is 2.31. The Bertz CT molecular complexity index is 1500. The number of fused-ring (bicyclic) bond motifs is 1. The Morgan fingerprint density at radius 2 is 1.89 bits per heavy atom. The highest BCUT2D eigenvalue weighted by Crippen LogP contribution is 2.40. The second kappa shape index (κ2) is 9.38. The third kappa shape index (κ3) is 4.62. The van der Waals surface area contributed by atoms with Crippen molar-refractivity contribution in [2.75, 3.05) is 5.32 Å². The molecule has 0 saturated heterocycles. The summed E-state index contributed by atoms with van der Waals surface area (Å²) in [6, 6.07) is 11.5. The van der Waals surface area contributed by atoms with Crippen LogP contribution in [-0.2, 0) is 4.79 Å². The van der Waals surface area contributed by atoms with Gasteiger partial charge in [0, 0.05) is 34.8 Å². The van der Waals surface area contributed by atoms with E-state index in [0.717, 1.165) is 12.1 Å². The minimum atomic E-state index is -1.08. The minimum Gasteiger partial charge on any atom is -0.481 e. The summed E-state index contributed by atoms with van der Waals surface area (Å²) < 4.78 is 44.5. The van der Waals surface area contributed by atoms with E-state index in [9.17, 15) is 23.9 Å². The highest BCUT2D eigenvalue weighted by molar-refractivity contribution is 5.98. The molecule has 6 nitrogen and oxygen atoms in total. The van der Waals surface area contributed by atoms with E-state index in [1.807, 2.05) is 6.07 Å². The summed E-state index contributed by atoms with van der Waals surface area (Å²) in [5.74, 6) is -3.83. The topological polar surface area (TPSA) is 102 Å². The van der Waals surface area contributed by atoms with Gasteiger partial charge < -0.3 is 15.4 Å². The molecule has 184 valence electrons. The zero-order chi connectivity index (χ0) is 26.2. The lowest BCUT2D eigenvalue weighted by atomic mass is 9.84. The van der Waals surface area contributed by atoms with Crippen LogP contribution in [0.3, 0.4) is 0 Å².